The normalized spacial score (nSPS) is 22.6. The van der Waals surface area contributed by atoms with E-state index in [1.165, 1.54) is 16.2 Å². The number of ether oxygens (including phenoxy) is 2. The van der Waals surface area contributed by atoms with Crippen molar-refractivity contribution in [3.8, 4) is 5.75 Å². The SMILES string of the molecule is CCOc1ccccc1N1C(=O)C(c2cccs2)=C(N2CC(C)OC(C)C2)C1=O. The molecule has 1 fully saturated rings. The maximum absolute atomic E-state index is 13.6. The number of thiophene rings is 1. The molecule has 0 N–H and O–H groups in total. The van der Waals surface area contributed by atoms with Gasteiger partial charge in [0.05, 0.1) is 30.1 Å². The fourth-order valence-electron chi connectivity index (χ4n) is 3.95. The van der Waals surface area contributed by atoms with E-state index in [1.807, 2.05) is 49.3 Å². The van der Waals surface area contributed by atoms with Crippen LogP contribution in [0.4, 0.5) is 5.69 Å². The molecule has 0 aliphatic carbocycles. The monoisotopic (exact) mass is 412 g/mol. The van der Waals surface area contributed by atoms with E-state index >= 15 is 0 Å². The number of carbonyl (C=O) groups excluding carboxylic acids is 2. The third-order valence-electron chi connectivity index (χ3n) is 4.97. The van der Waals surface area contributed by atoms with Gasteiger partial charge in [-0.05, 0) is 44.4 Å². The van der Waals surface area contributed by atoms with Crippen LogP contribution in [0.3, 0.4) is 0 Å². The van der Waals surface area contributed by atoms with Gasteiger partial charge in [0.15, 0.2) is 0 Å². The molecule has 4 rings (SSSR count). The predicted molar refractivity (Wildman–Crippen MR) is 113 cm³/mol. The third-order valence-corrected chi connectivity index (χ3v) is 5.86. The first kappa shape index (κ1) is 19.7. The van der Waals surface area contributed by atoms with E-state index in [9.17, 15) is 9.59 Å². The van der Waals surface area contributed by atoms with Crippen molar-refractivity contribution in [1.29, 1.82) is 0 Å². The number of nitrogens with zero attached hydrogens (tertiary/aromatic N) is 2. The zero-order chi connectivity index (χ0) is 20.5. The minimum Gasteiger partial charge on any atom is -0.492 e. The number of para-hydroxylation sites is 2. The Morgan fingerprint density at radius 2 is 1.79 bits per heavy atom. The molecule has 2 atom stereocenters. The van der Waals surface area contributed by atoms with E-state index in [4.69, 9.17) is 9.47 Å². The van der Waals surface area contributed by atoms with Gasteiger partial charge in [-0.15, -0.1) is 11.3 Å². The van der Waals surface area contributed by atoms with Gasteiger partial charge in [-0.1, -0.05) is 18.2 Å². The smallest absolute Gasteiger partial charge is 0.282 e. The molecule has 0 spiro atoms. The van der Waals surface area contributed by atoms with Gasteiger partial charge in [-0.25, -0.2) is 4.90 Å². The Hall–Kier alpha value is -2.64. The first-order chi connectivity index (χ1) is 14.0. The second kappa shape index (κ2) is 8.00. The molecule has 3 heterocycles. The van der Waals surface area contributed by atoms with Crippen molar-refractivity contribution in [2.75, 3.05) is 24.6 Å². The maximum atomic E-state index is 13.6. The number of imide groups is 1. The summed E-state index contributed by atoms with van der Waals surface area (Å²) < 4.78 is 11.5. The summed E-state index contributed by atoms with van der Waals surface area (Å²) in [6.45, 7) is 7.42. The standard InChI is InChI=1S/C22H24N2O4S/c1-4-27-17-9-6-5-8-16(17)24-21(25)19(18-10-7-11-29-18)20(22(24)26)23-12-14(2)28-15(3)13-23/h5-11,14-15H,4,12-13H2,1-3H3. The first-order valence-corrected chi connectivity index (χ1v) is 10.7. The molecular weight excluding hydrogens is 388 g/mol. The van der Waals surface area contributed by atoms with Crippen LogP contribution in [0.2, 0.25) is 0 Å². The topological polar surface area (TPSA) is 59.1 Å². The van der Waals surface area contributed by atoms with Crippen LogP contribution in [0.5, 0.6) is 5.75 Å². The number of hydrogen-bond donors (Lipinski definition) is 0. The molecule has 7 heteroatoms. The summed E-state index contributed by atoms with van der Waals surface area (Å²) in [4.78, 5) is 31.2. The predicted octanol–water partition coefficient (Wildman–Crippen LogP) is 3.54. The zero-order valence-electron chi connectivity index (χ0n) is 16.8. The molecule has 29 heavy (non-hydrogen) atoms. The summed E-state index contributed by atoms with van der Waals surface area (Å²) in [7, 11) is 0. The van der Waals surface area contributed by atoms with Gasteiger partial charge in [-0.3, -0.25) is 9.59 Å². The molecule has 152 valence electrons. The fourth-order valence-corrected chi connectivity index (χ4v) is 4.72. The van der Waals surface area contributed by atoms with Crippen molar-refractivity contribution in [3.05, 3.63) is 52.4 Å². The van der Waals surface area contributed by atoms with Crippen LogP contribution in [-0.2, 0) is 14.3 Å². The number of hydrogen-bond acceptors (Lipinski definition) is 6. The lowest BCUT2D eigenvalue weighted by Gasteiger charge is -2.37. The van der Waals surface area contributed by atoms with Crippen LogP contribution in [0.25, 0.3) is 5.57 Å². The summed E-state index contributed by atoms with van der Waals surface area (Å²) in [5, 5.41) is 1.92. The minimum absolute atomic E-state index is 0.0245. The Kier molecular flexibility index (Phi) is 5.43. The number of benzene rings is 1. The second-order valence-corrected chi connectivity index (χ2v) is 8.16. The van der Waals surface area contributed by atoms with Crippen molar-refractivity contribution in [2.45, 2.75) is 33.0 Å². The highest BCUT2D eigenvalue weighted by Crippen LogP contribution is 2.40. The molecule has 6 nitrogen and oxygen atoms in total. The Morgan fingerprint density at radius 3 is 2.45 bits per heavy atom. The van der Waals surface area contributed by atoms with Crippen LogP contribution in [-0.4, -0.2) is 48.6 Å². The highest BCUT2D eigenvalue weighted by Gasteiger charge is 2.45. The van der Waals surface area contributed by atoms with Gasteiger partial charge >= 0.3 is 0 Å². The van der Waals surface area contributed by atoms with Crippen molar-refractivity contribution in [1.82, 2.24) is 4.90 Å². The third kappa shape index (κ3) is 3.56. The van der Waals surface area contributed by atoms with Gasteiger partial charge in [0.2, 0.25) is 0 Å². The summed E-state index contributed by atoms with van der Waals surface area (Å²) in [5.74, 6) is -0.106. The minimum atomic E-state index is -0.314. The summed E-state index contributed by atoms with van der Waals surface area (Å²) in [5.41, 5.74) is 1.38. The lowest BCUT2D eigenvalue weighted by Crippen LogP contribution is -2.47. The van der Waals surface area contributed by atoms with Gasteiger partial charge in [0, 0.05) is 18.0 Å². The Balaban J connectivity index is 1.81. The van der Waals surface area contributed by atoms with Crippen LogP contribution >= 0.6 is 11.3 Å². The van der Waals surface area contributed by atoms with E-state index in [0.717, 1.165) is 4.88 Å². The van der Waals surface area contributed by atoms with Crippen LogP contribution in [0.15, 0.2) is 47.5 Å². The van der Waals surface area contributed by atoms with E-state index < -0.39 is 0 Å². The summed E-state index contributed by atoms with van der Waals surface area (Å²) >= 11 is 1.46. The molecule has 1 aromatic heterocycles. The number of rotatable bonds is 5. The summed E-state index contributed by atoms with van der Waals surface area (Å²) in [6, 6.07) is 10.9. The Morgan fingerprint density at radius 1 is 1.07 bits per heavy atom. The fraction of sp³-hybridized carbons (Fsp3) is 0.364. The average Bonchev–Trinajstić information content (AvgIpc) is 3.28. The number of amides is 2. The molecule has 0 radical (unpaired) electrons. The van der Waals surface area contributed by atoms with E-state index in [-0.39, 0.29) is 24.0 Å². The first-order valence-electron chi connectivity index (χ1n) is 9.80. The van der Waals surface area contributed by atoms with Gasteiger partial charge in [0.25, 0.3) is 11.8 Å². The molecule has 1 saturated heterocycles. The van der Waals surface area contributed by atoms with Gasteiger partial charge in [-0.2, -0.15) is 0 Å². The number of morpholine rings is 1. The van der Waals surface area contributed by atoms with Crippen molar-refractivity contribution in [2.24, 2.45) is 0 Å². The number of carbonyl (C=O) groups is 2. The lowest BCUT2D eigenvalue weighted by atomic mass is 10.1. The van der Waals surface area contributed by atoms with Crippen LogP contribution in [0.1, 0.15) is 25.6 Å². The molecule has 2 aliphatic heterocycles. The van der Waals surface area contributed by atoms with Crippen molar-refractivity contribution >= 4 is 34.4 Å². The lowest BCUT2D eigenvalue weighted by molar-refractivity contribution is -0.121. The van der Waals surface area contributed by atoms with Gasteiger partial charge in [0.1, 0.15) is 11.4 Å². The maximum Gasteiger partial charge on any atom is 0.282 e. The highest BCUT2D eigenvalue weighted by molar-refractivity contribution is 7.11. The van der Waals surface area contributed by atoms with Crippen molar-refractivity contribution in [3.63, 3.8) is 0 Å². The van der Waals surface area contributed by atoms with Crippen LogP contribution < -0.4 is 9.64 Å². The molecule has 1 aromatic carbocycles. The van der Waals surface area contributed by atoms with Crippen LogP contribution in [0, 0.1) is 0 Å². The second-order valence-electron chi connectivity index (χ2n) is 7.21. The van der Waals surface area contributed by atoms with E-state index in [2.05, 4.69) is 0 Å². The summed E-state index contributed by atoms with van der Waals surface area (Å²) in [6.07, 6.45) is -0.0491. The highest BCUT2D eigenvalue weighted by atomic mass is 32.1. The zero-order valence-corrected chi connectivity index (χ0v) is 17.6. The largest absolute Gasteiger partial charge is 0.492 e. The van der Waals surface area contributed by atoms with Gasteiger partial charge < -0.3 is 14.4 Å². The quantitative estimate of drug-likeness (QED) is 0.703. The molecule has 2 amide bonds. The van der Waals surface area contributed by atoms with Crippen molar-refractivity contribution < 1.29 is 19.1 Å². The molecule has 2 aliphatic rings. The van der Waals surface area contributed by atoms with E-state index in [0.29, 0.717) is 42.4 Å². The molecular formula is C22H24N2O4S. The van der Waals surface area contributed by atoms with E-state index in [1.54, 1.807) is 18.2 Å². The Labute approximate surface area is 174 Å². The molecule has 2 unspecified atom stereocenters. The average molecular weight is 413 g/mol. The number of anilines is 1. The molecule has 0 bridgehead atoms. The molecule has 0 saturated carbocycles. The Bertz CT molecular complexity index is 943. The molecule has 2 aromatic rings.